The molecule has 1 aromatic carbocycles. The highest BCUT2D eigenvalue weighted by Crippen LogP contribution is 2.27. The van der Waals surface area contributed by atoms with E-state index in [4.69, 9.17) is 4.74 Å². The van der Waals surface area contributed by atoms with Crippen molar-refractivity contribution >= 4 is 21.8 Å². The summed E-state index contributed by atoms with van der Waals surface area (Å²) in [4.78, 5) is 11.5. The number of carbonyl (C=O) groups is 1. The molecule has 1 aliphatic heterocycles. The zero-order valence-electron chi connectivity index (χ0n) is 9.13. The van der Waals surface area contributed by atoms with Gasteiger partial charge in [-0.2, -0.15) is 0 Å². The number of hydrogen-bond donors (Lipinski definition) is 1. The van der Waals surface area contributed by atoms with Crippen LogP contribution in [0.1, 0.15) is 12.0 Å². The van der Waals surface area contributed by atoms with Crippen molar-refractivity contribution in [2.24, 2.45) is 5.92 Å². The Bertz CT molecular complexity index is 406. The lowest BCUT2D eigenvalue weighted by Gasteiger charge is -2.11. The molecule has 1 N–H and O–H groups in total. The van der Waals surface area contributed by atoms with Crippen molar-refractivity contribution in [2.75, 3.05) is 13.7 Å². The van der Waals surface area contributed by atoms with E-state index < -0.39 is 0 Å². The predicted octanol–water partition coefficient (Wildman–Crippen LogP) is 2.14. The van der Waals surface area contributed by atoms with E-state index in [1.54, 1.807) is 7.11 Å². The SMILES string of the molecule is COc1ccc(Br)cc1CC1CCNC1=O. The number of amides is 1. The van der Waals surface area contributed by atoms with Crippen LogP contribution in [0.25, 0.3) is 0 Å². The number of methoxy groups -OCH3 is 1. The fourth-order valence-electron chi connectivity index (χ4n) is 2.01. The van der Waals surface area contributed by atoms with Gasteiger partial charge in [0.25, 0.3) is 0 Å². The van der Waals surface area contributed by atoms with E-state index in [9.17, 15) is 4.79 Å². The van der Waals surface area contributed by atoms with Crippen molar-refractivity contribution in [3.63, 3.8) is 0 Å². The van der Waals surface area contributed by atoms with Gasteiger partial charge in [-0.3, -0.25) is 4.79 Å². The molecule has 1 unspecified atom stereocenters. The van der Waals surface area contributed by atoms with Gasteiger partial charge >= 0.3 is 0 Å². The first-order valence-corrected chi connectivity index (χ1v) is 6.10. The van der Waals surface area contributed by atoms with Crippen LogP contribution < -0.4 is 10.1 Å². The number of hydrogen-bond acceptors (Lipinski definition) is 2. The molecular formula is C12H14BrNO2. The van der Waals surface area contributed by atoms with Gasteiger partial charge in [-0.25, -0.2) is 0 Å². The van der Waals surface area contributed by atoms with E-state index in [1.165, 1.54) is 0 Å². The lowest BCUT2D eigenvalue weighted by atomic mass is 9.97. The number of benzene rings is 1. The van der Waals surface area contributed by atoms with Gasteiger partial charge < -0.3 is 10.1 Å². The van der Waals surface area contributed by atoms with Gasteiger partial charge in [0.2, 0.25) is 5.91 Å². The maximum absolute atomic E-state index is 11.5. The molecule has 1 aromatic rings. The predicted molar refractivity (Wildman–Crippen MR) is 65.5 cm³/mol. The Morgan fingerprint density at radius 2 is 2.38 bits per heavy atom. The van der Waals surface area contributed by atoms with Crippen LogP contribution in [-0.4, -0.2) is 19.6 Å². The van der Waals surface area contributed by atoms with E-state index in [2.05, 4.69) is 21.2 Å². The molecule has 2 rings (SSSR count). The topological polar surface area (TPSA) is 38.3 Å². The summed E-state index contributed by atoms with van der Waals surface area (Å²) >= 11 is 3.43. The second-order valence-electron chi connectivity index (χ2n) is 3.94. The third-order valence-electron chi connectivity index (χ3n) is 2.87. The molecule has 1 atom stereocenters. The minimum absolute atomic E-state index is 0.0863. The molecule has 1 fully saturated rings. The summed E-state index contributed by atoms with van der Waals surface area (Å²) < 4.78 is 6.31. The molecule has 1 aliphatic rings. The van der Waals surface area contributed by atoms with Crippen LogP contribution in [0, 0.1) is 5.92 Å². The van der Waals surface area contributed by atoms with Crippen molar-refractivity contribution in [1.29, 1.82) is 0 Å². The first kappa shape index (κ1) is 11.5. The molecule has 0 saturated carbocycles. The highest BCUT2D eigenvalue weighted by Gasteiger charge is 2.25. The Hall–Kier alpha value is -1.03. The van der Waals surface area contributed by atoms with Gasteiger partial charge in [-0.15, -0.1) is 0 Å². The van der Waals surface area contributed by atoms with E-state index >= 15 is 0 Å². The summed E-state index contributed by atoms with van der Waals surface area (Å²) in [5, 5.41) is 2.85. The zero-order chi connectivity index (χ0) is 11.5. The first-order valence-electron chi connectivity index (χ1n) is 5.31. The van der Waals surface area contributed by atoms with Crippen LogP contribution in [0.5, 0.6) is 5.75 Å². The molecular weight excluding hydrogens is 270 g/mol. The average molecular weight is 284 g/mol. The second kappa shape index (κ2) is 4.87. The summed E-state index contributed by atoms with van der Waals surface area (Å²) in [5.41, 5.74) is 1.08. The molecule has 0 bridgehead atoms. The van der Waals surface area contributed by atoms with Gasteiger partial charge in [0.05, 0.1) is 7.11 Å². The Balaban J connectivity index is 2.19. The summed E-state index contributed by atoms with van der Waals surface area (Å²) in [6.45, 7) is 0.791. The Morgan fingerprint density at radius 3 is 3.00 bits per heavy atom. The molecule has 4 heteroatoms. The lowest BCUT2D eigenvalue weighted by molar-refractivity contribution is -0.122. The fraction of sp³-hybridized carbons (Fsp3) is 0.417. The van der Waals surface area contributed by atoms with Crippen molar-refractivity contribution < 1.29 is 9.53 Å². The zero-order valence-corrected chi connectivity index (χ0v) is 10.7. The average Bonchev–Trinajstić information content (AvgIpc) is 2.65. The van der Waals surface area contributed by atoms with Crippen LogP contribution in [0.4, 0.5) is 0 Å². The summed E-state index contributed by atoms with van der Waals surface area (Å²) in [5.74, 6) is 1.09. The van der Waals surface area contributed by atoms with Crippen molar-refractivity contribution in [2.45, 2.75) is 12.8 Å². The molecule has 0 radical (unpaired) electrons. The van der Waals surface area contributed by atoms with Gasteiger partial charge in [-0.05, 0) is 36.6 Å². The Morgan fingerprint density at radius 1 is 1.56 bits per heavy atom. The number of halogens is 1. The van der Waals surface area contributed by atoms with Crippen LogP contribution in [0.3, 0.4) is 0 Å². The van der Waals surface area contributed by atoms with Crippen molar-refractivity contribution in [3.05, 3.63) is 28.2 Å². The minimum atomic E-state index is 0.0863. The van der Waals surface area contributed by atoms with Gasteiger partial charge in [0, 0.05) is 16.9 Å². The summed E-state index contributed by atoms with van der Waals surface area (Å²) in [6, 6.07) is 5.88. The van der Waals surface area contributed by atoms with Crippen LogP contribution in [0.2, 0.25) is 0 Å². The maximum atomic E-state index is 11.5. The van der Waals surface area contributed by atoms with E-state index in [-0.39, 0.29) is 11.8 Å². The Labute approximate surface area is 103 Å². The largest absolute Gasteiger partial charge is 0.496 e. The van der Waals surface area contributed by atoms with Crippen LogP contribution in [-0.2, 0) is 11.2 Å². The standard InChI is InChI=1S/C12H14BrNO2/c1-16-11-3-2-10(13)7-9(11)6-8-4-5-14-12(8)15/h2-3,7-8H,4-6H2,1H3,(H,14,15). The van der Waals surface area contributed by atoms with Crippen LogP contribution >= 0.6 is 15.9 Å². The van der Waals surface area contributed by atoms with Gasteiger partial charge in [0.1, 0.15) is 5.75 Å². The minimum Gasteiger partial charge on any atom is -0.496 e. The maximum Gasteiger partial charge on any atom is 0.223 e. The lowest BCUT2D eigenvalue weighted by Crippen LogP contribution is -2.20. The van der Waals surface area contributed by atoms with Gasteiger partial charge in [-0.1, -0.05) is 15.9 Å². The molecule has 1 heterocycles. The summed E-state index contributed by atoms with van der Waals surface area (Å²) in [7, 11) is 1.65. The highest BCUT2D eigenvalue weighted by molar-refractivity contribution is 9.10. The normalized spacial score (nSPS) is 19.6. The summed E-state index contributed by atoms with van der Waals surface area (Å²) in [6.07, 6.45) is 1.66. The third-order valence-corrected chi connectivity index (χ3v) is 3.36. The molecule has 86 valence electrons. The smallest absolute Gasteiger partial charge is 0.223 e. The number of carbonyl (C=O) groups excluding carboxylic acids is 1. The molecule has 0 aromatic heterocycles. The van der Waals surface area contributed by atoms with Crippen molar-refractivity contribution in [3.8, 4) is 5.75 Å². The molecule has 0 spiro atoms. The monoisotopic (exact) mass is 283 g/mol. The fourth-order valence-corrected chi connectivity index (χ4v) is 2.42. The van der Waals surface area contributed by atoms with Gasteiger partial charge in [0.15, 0.2) is 0 Å². The number of ether oxygens (including phenoxy) is 1. The molecule has 0 aliphatic carbocycles. The first-order chi connectivity index (χ1) is 7.70. The quantitative estimate of drug-likeness (QED) is 0.923. The molecule has 16 heavy (non-hydrogen) atoms. The van der Waals surface area contributed by atoms with E-state index in [0.29, 0.717) is 0 Å². The Kier molecular flexibility index (Phi) is 3.49. The molecule has 1 amide bonds. The van der Waals surface area contributed by atoms with E-state index in [0.717, 1.165) is 35.2 Å². The number of nitrogens with one attached hydrogen (secondary N) is 1. The molecule has 1 saturated heterocycles. The van der Waals surface area contributed by atoms with Crippen LogP contribution in [0.15, 0.2) is 22.7 Å². The van der Waals surface area contributed by atoms with E-state index in [1.807, 2.05) is 18.2 Å². The third kappa shape index (κ3) is 2.38. The van der Waals surface area contributed by atoms with Crippen molar-refractivity contribution in [1.82, 2.24) is 5.32 Å². The second-order valence-corrected chi connectivity index (χ2v) is 4.85. The highest BCUT2D eigenvalue weighted by atomic mass is 79.9. The molecule has 3 nitrogen and oxygen atoms in total. The number of rotatable bonds is 3.